The van der Waals surface area contributed by atoms with Crippen LogP contribution in [0, 0.1) is 11.8 Å². The third kappa shape index (κ3) is 5.35. The number of amides is 1. The van der Waals surface area contributed by atoms with E-state index in [-0.39, 0.29) is 24.8 Å². The SMILES string of the molecule is COc1ccc(OC)c(CC(=O)NCC(C(=O)O)C2CCOCC2)c1. The summed E-state index contributed by atoms with van der Waals surface area (Å²) in [6.07, 6.45) is 1.51. The van der Waals surface area contributed by atoms with Crippen molar-refractivity contribution in [2.45, 2.75) is 19.3 Å². The van der Waals surface area contributed by atoms with E-state index in [0.717, 1.165) is 0 Å². The Balaban J connectivity index is 1.95. The summed E-state index contributed by atoms with van der Waals surface area (Å²) in [4.78, 5) is 23.8. The average Bonchev–Trinajstić information content (AvgIpc) is 2.62. The molecule has 1 fully saturated rings. The lowest BCUT2D eigenvalue weighted by molar-refractivity contribution is -0.144. The summed E-state index contributed by atoms with van der Waals surface area (Å²) >= 11 is 0. The van der Waals surface area contributed by atoms with Crippen molar-refractivity contribution in [3.63, 3.8) is 0 Å². The van der Waals surface area contributed by atoms with Crippen LogP contribution < -0.4 is 14.8 Å². The zero-order valence-electron chi connectivity index (χ0n) is 14.6. The molecule has 7 nitrogen and oxygen atoms in total. The molecule has 1 aromatic rings. The maximum Gasteiger partial charge on any atom is 0.308 e. The Bertz CT molecular complexity index is 597. The van der Waals surface area contributed by atoms with Crippen LogP contribution in [0.3, 0.4) is 0 Å². The standard InChI is InChI=1S/C18H25NO6/c1-23-14-3-4-16(24-2)13(9-14)10-17(20)19-11-15(18(21)22)12-5-7-25-8-6-12/h3-4,9,12,15H,5-8,10-11H2,1-2H3,(H,19,20)(H,21,22). The van der Waals surface area contributed by atoms with Crippen LogP contribution in [0.1, 0.15) is 18.4 Å². The van der Waals surface area contributed by atoms with Crippen molar-refractivity contribution in [3.05, 3.63) is 23.8 Å². The first-order valence-corrected chi connectivity index (χ1v) is 8.33. The van der Waals surface area contributed by atoms with E-state index in [9.17, 15) is 14.7 Å². The van der Waals surface area contributed by atoms with Crippen LogP contribution >= 0.6 is 0 Å². The molecular formula is C18H25NO6. The summed E-state index contributed by atoms with van der Waals surface area (Å²) in [5.41, 5.74) is 0.692. The number of methoxy groups -OCH3 is 2. The van der Waals surface area contributed by atoms with Crippen molar-refractivity contribution >= 4 is 11.9 Å². The summed E-state index contributed by atoms with van der Waals surface area (Å²) in [5.74, 6) is -0.474. The quantitative estimate of drug-likeness (QED) is 0.737. The molecule has 1 aliphatic rings. The Morgan fingerprint density at radius 2 is 2.00 bits per heavy atom. The largest absolute Gasteiger partial charge is 0.497 e. The van der Waals surface area contributed by atoms with Crippen molar-refractivity contribution in [2.24, 2.45) is 11.8 Å². The van der Waals surface area contributed by atoms with Crippen molar-refractivity contribution in [1.82, 2.24) is 5.32 Å². The molecule has 1 atom stereocenters. The predicted molar refractivity (Wildman–Crippen MR) is 90.9 cm³/mol. The van der Waals surface area contributed by atoms with E-state index in [4.69, 9.17) is 14.2 Å². The number of hydrogen-bond donors (Lipinski definition) is 2. The van der Waals surface area contributed by atoms with Crippen molar-refractivity contribution in [3.8, 4) is 11.5 Å². The summed E-state index contributed by atoms with van der Waals surface area (Å²) in [5, 5.41) is 12.2. The molecule has 7 heteroatoms. The topological polar surface area (TPSA) is 94.1 Å². The monoisotopic (exact) mass is 351 g/mol. The zero-order chi connectivity index (χ0) is 18.2. The average molecular weight is 351 g/mol. The molecule has 0 aromatic heterocycles. The van der Waals surface area contributed by atoms with Crippen LogP contribution in [0.25, 0.3) is 0 Å². The van der Waals surface area contributed by atoms with Gasteiger partial charge in [0, 0.05) is 25.3 Å². The highest BCUT2D eigenvalue weighted by Crippen LogP contribution is 2.25. The van der Waals surface area contributed by atoms with Crippen LogP contribution in [-0.4, -0.2) is 51.0 Å². The van der Waals surface area contributed by atoms with Gasteiger partial charge in [-0.2, -0.15) is 0 Å². The molecule has 0 bridgehead atoms. The minimum atomic E-state index is -0.883. The lowest BCUT2D eigenvalue weighted by Gasteiger charge is -2.27. The highest BCUT2D eigenvalue weighted by Gasteiger charge is 2.30. The molecule has 25 heavy (non-hydrogen) atoms. The first-order chi connectivity index (χ1) is 12.0. The van der Waals surface area contributed by atoms with E-state index in [2.05, 4.69) is 5.32 Å². The van der Waals surface area contributed by atoms with E-state index < -0.39 is 11.9 Å². The lowest BCUT2D eigenvalue weighted by Crippen LogP contribution is -2.39. The predicted octanol–water partition coefficient (Wildman–Crippen LogP) is 1.49. The number of hydrogen-bond acceptors (Lipinski definition) is 5. The molecular weight excluding hydrogens is 326 g/mol. The number of carboxylic acids is 1. The summed E-state index contributed by atoms with van der Waals surface area (Å²) in [7, 11) is 3.09. The van der Waals surface area contributed by atoms with E-state index in [0.29, 0.717) is 43.1 Å². The van der Waals surface area contributed by atoms with Crippen molar-refractivity contribution in [2.75, 3.05) is 34.0 Å². The minimum Gasteiger partial charge on any atom is -0.497 e. The van der Waals surface area contributed by atoms with E-state index in [1.165, 1.54) is 7.11 Å². The van der Waals surface area contributed by atoms with Crippen molar-refractivity contribution < 1.29 is 28.9 Å². The number of ether oxygens (including phenoxy) is 3. The lowest BCUT2D eigenvalue weighted by atomic mass is 9.86. The number of carboxylic acid groups (broad SMARTS) is 1. The zero-order valence-corrected chi connectivity index (χ0v) is 14.6. The van der Waals surface area contributed by atoms with Gasteiger partial charge in [0.05, 0.1) is 26.6 Å². The fraction of sp³-hybridized carbons (Fsp3) is 0.556. The fourth-order valence-corrected chi connectivity index (χ4v) is 3.05. The van der Waals surface area contributed by atoms with E-state index >= 15 is 0 Å². The molecule has 138 valence electrons. The Hall–Kier alpha value is -2.28. The highest BCUT2D eigenvalue weighted by atomic mass is 16.5. The van der Waals surface area contributed by atoms with Crippen LogP contribution in [0.2, 0.25) is 0 Å². The van der Waals surface area contributed by atoms with E-state index in [1.807, 2.05) is 0 Å². The second kappa shape index (κ2) is 9.27. The third-order valence-electron chi connectivity index (χ3n) is 4.51. The molecule has 2 rings (SSSR count). The Morgan fingerprint density at radius 1 is 1.28 bits per heavy atom. The smallest absolute Gasteiger partial charge is 0.308 e. The Kier molecular flexibility index (Phi) is 7.06. The molecule has 1 saturated heterocycles. The van der Waals surface area contributed by atoms with Crippen LogP contribution in [0.15, 0.2) is 18.2 Å². The van der Waals surface area contributed by atoms with Gasteiger partial charge in [-0.1, -0.05) is 0 Å². The van der Waals surface area contributed by atoms with Gasteiger partial charge in [0.15, 0.2) is 0 Å². The summed E-state index contributed by atoms with van der Waals surface area (Å²) < 4.78 is 15.7. The first kappa shape index (κ1) is 19.1. The molecule has 2 N–H and O–H groups in total. The van der Waals surface area contributed by atoms with Crippen LogP contribution in [0.4, 0.5) is 0 Å². The van der Waals surface area contributed by atoms with E-state index in [1.54, 1.807) is 25.3 Å². The minimum absolute atomic E-state index is 0.0258. The van der Waals surface area contributed by atoms with Gasteiger partial charge in [-0.3, -0.25) is 9.59 Å². The van der Waals surface area contributed by atoms with Gasteiger partial charge in [0.2, 0.25) is 5.91 Å². The van der Waals surface area contributed by atoms with Crippen molar-refractivity contribution in [1.29, 1.82) is 0 Å². The number of rotatable bonds is 8. The van der Waals surface area contributed by atoms with Gasteiger partial charge in [0.1, 0.15) is 11.5 Å². The molecule has 0 spiro atoms. The molecule has 1 amide bonds. The van der Waals surface area contributed by atoms with Crippen LogP contribution in [-0.2, 0) is 20.7 Å². The van der Waals surface area contributed by atoms with Gasteiger partial charge in [-0.25, -0.2) is 0 Å². The van der Waals surface area contributed by atoms with Gasteiger partial charge in [-0.15, -0.1) is 0 Å². The van der Waals surface area contributed by atoms with Gasteiger partial charge < -0.3 is 24.6 Å². The number of aliphatic carboxylic acids is 1. The normalized spacial score (nSPS) is 16.1. The Morgan fingerprint density at radius 3 is 2.60 bits per heavy atom. The third-order valence-corrected chi connectivity index (χ3v) is 4.51. The molecule has 0 aliphatic carbocycles. The number of nitrogens with one attached hydrogen (secondary N) is 1. The molecule has 1 heterocycles. The first-order valence-electron chi connectivity index (χ1n) is 8.33. The molecule has 1 aliphatic heterocycles. The second-order valence-electron chi connectivity index (χ2n) is 6.05. The summed E-state index contributed by atoms with van der Waals surface area (Å²) in [6, 6.07) is 5.24. The molecule has 1 aromatic carbocycles. The van der Waals surface area contributed by atoms with Crippen LogP contribution in [0.5, 0.6) is 11.5 Å². The molecule has 1 unspecified atom stereocenters. The van der Waals surface area contributed by atoms with Gasteiger partial charge >= 0.3 is 5.97 Å². The highest BCUT2D eigenvalue weighted by molar-refractivity contribution is 5.80. The fourth-order valence-electron chi connectivity index (χ4n) is 3.05. The van der Waals surface area contributed by atoms with Gasteiger partial charge in [-0.05, 0) is 37.0 Å². The Labute approximate surface area is 147 Å². The maximum atomic E-state index is 12.3. The molecule has 0 saturated carbocycles. The summed E-state index contributed by atoms with van der Waals surface area (Å²) in [6.45, 7) is 1.26. The second-order valence-corrected chi connectivity index (χ2v) is 6.05. The number of carbonyl (C=O) groups excluding carboxylic acids is 1. The molecule has 0 radical (unpaired) electrons. The van der Waals surface area contributed by atoms with Gasteiger partial charge in [0.25, 0.3) is 0 Å². The number of benzene rings is 1. The number of carbonyl (C=O) groups is 2. The maximum absolute atomic E-state index is 12.3.